The van der Waals surface area contributed by atoms with Crippen LogP contribution in [0.15, 0.2) is 0 Å². The summed E-state index contributed by atoms with van der Waals surface area (Å²) in [4.78, 5) is 0. The molecule has 1 aliphatic heterocycles. The highest BCUT2D eigenvalue weighted by atomic mass is 16.7. The second-order valence-corrected chi connectivity index (χ2v) is 4.49. The monoisotopic (exact) mass is 220 g/mol. The second kappa shape index (κ2) is 4.47. The number of hydrogen-bond acceptors (Lipinski definition) is 3. The molecule has 3 nitrogen and oxygen atoms in total. The van der Waals surface area contributed by atoms with Crippen molar-refractivity contribution in [3.8, 4) is 23.7 Å². The third-order valence-electron chi connectivity index (χ3n) is 2.51. The highest BCUT2D eigenvalue weighted by Gasteiger charge is 2.39. The fraction of sp³-hybridized carbons (Fsp3) is 0.692. The predicted octanol–water partition coefficient (Wildman–Crippen LogP) is 1.06. The highest BCUT2D eigenvalue weighted by molar-refractivity contribution is 5.21. The van der Waals surface area contributed by atoms with E-state index in [1.54, 1.807) is 0 Å². The molecular formula is C13H16O3. The zero-order valence-corrected chi connectivity index (χ0v) is 9.62. The minimum atomic E-state index is -0.641. The standard InChI is InChI=1S/C13H16O3/c1-13(2)15-11-7-5-3-4-6-10(14)8-9-12(11)16-13/h10-12,14H,3-4,6H2,1-2H3/t10?,11-,12+/m0/s1. The molecular weight excluding hydrogens is 204 g/mol. The van der Waals surface area contributed by atoms with E-state index in [1.165, 1.54) is 0 Å². The van der Waals surface area contributed by atoms with Gasteiger partial charge < -0.3 is 14.6 Å². The molecule has 0 aromatic heterocycles. The molecule has 1 heterocycles. The maximum atomic E-state index is 9.56. The van der Waals surface area contributed by atoms with Crippen LogP contribution in [0.2, 0.25) is 0 Å². The first-order valence-electron chi connectivity index (χ1n) is 5.60. The van der Waals surface area contributed by atoms with Crippen molar-refractivity contribution in [2.45, 2.75) is 57.2 Å². The summed E-state index contributed by atoms with van der Waals surface area (Å²) in [6.45, 7) is 3.69. The molecule has 86 valence electrons. The molecule has 3 atom stereocenters. The Labute approximate surface area is 96.1 Å². The van der Waals surface area contributed by atoms with Crippen LogP contribution < -0.4 is 0 Å². The summed E-state index contributed by atoms with van der Waals surface area (Å²) in [6, 6.07) is 0. The van der Waals surface area contributed by atoms with Gasteiger partial charge in [-0.1, -0.05) is 17.8 Å². The zero-order valence-electron chi connectivity index (χ0n) is 9.62. The van der Waals surface area contributed by atoms with Crippen molar-refractivity contribution in [3.05, 3.63) is 0 Å². The van der Waals surface area contributed by atoms with Crippen LogP contribution in [0.1, 0.15) is 33.1 Å². The molecule has 0 radical (unpaired) electrons. The first-order chi connectivity index (χ1) is 7.57. The number of hydrogen-bond donors (Lipinski definition) is 1. The molecule has 1 unspecified atom stereocenters. The van der Waals surface area contributed by atoms with E-state index in [-0.39, 0.29) is 12.2 Å². The van der Waals surface area contributed by atoms with Crippen LogP contribution in [0, 0.1) is 23.7 Å². The largest absolute Gasteiger partial charge is 0.380 e. The average Bonchev–Trinajstić information content (AvgIpc) is 2.50. The van der Waals surface area contributed by atoms with Crippen LogP contribution in [0.5, 0.6) is 0 Å². The van der Waals surface area contributed by atoms with Crippen LogP contribution >= 0.6 is 0 Å². The van der Waals surface area contributed by atoms with Gasteiger partial charge in [-0.05, 0) is 26.7 Å². The van der Waals surface area contributed by atoms with E-state index in [4.69, 9.17) is 9.47 Å². The lowest BCUT2D eigenvalue weighted by Gasteiger charge is -2.14. The summed E-state index contributed by atoms with van der Waals surface area (Å²) in [5.74, 6) is 11.2. The van der Waals surface area contributed by atoms with Crippen LogP contribution in [0.3, 0.4) is 0 Å². The van der Waals surface area contributed by atoms with Gasteiger partial charge in [0.1, 0.15) is 6.10 Å². The Hall–Kier alpha value is -1.00. The Morgan fingerprint density at radius 2 is 1.81 bits per heavy atom. The summed E-state index contributed by atoms with van der Waals surface area (Å²) < 4.78 is 11.3. The molecule has 0 aromatic rings. The highest BCUT2D eigenvalue weighted by Crippen LogP contribution is 2.27. The van der Waals surface area contributed by atoms with Gasteiger partial charge >= 0.3 is 0 Å². The number of ether oxygens (including phenoxy) is 2. The van der Waals surface area contributed by atoms with E-state index >= 15 is 0 Å². The van der Waals surface area contributed by atoms with Gasteiger partial charge in [0, 0.05) is 6.42 Å². The normalized spacial score (nSPS) is 36.3. The van der Waals surface area contributed by atoms with E-state index in [0.29, 0.717) is 6.42 Å². The van der Waals surface area contributed by atoms with E-state index in [0.717, 1.165) is 12.8 Å². The van der Waals surface area contributed by atoms with Crippen molar-refractivity contribution in [2.75, 3.05) is 0 Å². The predicted molar refractivity (Wildman–Crippen MR) is 59.2 cm³/mol. The molecule has 0 amide bonds. The molecule has 1 saturated heterocycles. The number of aliphatic hydroxyl groups excluding tert-OH is 1. The Balaban J connectivity index is 2.19. The van der Waals surface area contributed by atoms with E-state index < -0.39 is 11.9 Å². The van der Waals surface area contributed by atoms with Gasteiger partial charge in [0.25, 0.3) is 0 Å². The van der Waals surface area contributed by atoms with Crippen molar-refractivity contribution in [1.29, 1.82) is 0 Å². The topological polar surface area (TPSA) is 38.7 Å². The molecule has 2 rings (SSSR count). The summed E-state index contributed by atoms with van der Waals surface area (Å²) in [6.07, 6.45) is 1.08. The van der Waals surface area contributed by atoms with Crippen molar-refractivity contribution in [2.24, 2.45) is 0 Å². The molecule has 16 heavy (non-hydrogen) atoms. The Morgan fingerprint density at radius 1 is 1.12 bits per heavy atom. The van der Waals surface area contributed by atoms with E-state index in [2.05, 4.69) is 23.7 Å². The van der Waals surface area contributed by atoms with Crippen LogP contribution in [0.25, 0.3) is 0 Å². The third-order valence-corrected chi connectivity index (χ3v) is 2.51. The molecule has 0 saturated carbocycles. The van der Waals surface area contributed by atoms with Gasteiger partial charge in [-0.25, -0.2) is 0 Å². The molecule has 0 spiro atoms. The van der Waals surface area contributed by atoms with Gasteiger partial charge in [-0.2, -0.15) is 0 Å². The lowest BCUT2D eigenvalue weighted by molar-refractivity contribution is -0.137. The summed E-state index contributed by atoms with van der Waals surface area (Å²) in [5.41, 5.74) is 0. The Kier molecular flexibility index (Phi) is 3.21. The first kappa shape index (κ1) is 11.5. The molecule has 1 fully saturated rings. The van der Waals surface area contributed by atoms with Crippen LogP contribution in [-0.2, 0) is 9.47 Å². The summed E-state index contributed by atoms with van der Waals surface area (Å²) >= 11 is 0. The average molecular weight is 220 g/mol. The van der Waals surface area contributed by atoms with Gasteiger partial charge in [0.2, 0.25) is 0 Å². The van der Waals surface area contributed by atoms with Gasteiger partial charge in [0.05, 0.1) is 0 Å². The number of aliphatic hydroxyl groups is 1. The van der Waals surface area contributed by atoms with Gasteiger partial charge in [0.15, 0.2) is 18.0 Å². The number of rotatable bonds is 0. The van der Waals surface area contributed by atoms with Crippen LogP contribution in [0.4, 0.5) is 0 Å². The Bertz CT molecular complexity index is 377. The van der Waals surface area contributed by atoms with Gasteiger partial charge in [-0.3, -0.25) is 0 Å². The van der Waals surface area contributed by atoms with Crippen molar-refractivity contribution in [3.63, 3.8) is 0 Å². The maximum absolute atomic E-state index is 9.56. The Morgan fingerprint density at radius 3 is 2.56 bits per heavy atom. The summed E-state index contributed by atoms with van der Waals surface area (Å²) in [7, 11) is 0. The molecule has 0 bridgehead atoms. The SMILES string of the molecule is CC1(C)O[C@H]2C#CCCCC(O)C#C[C@H]2O1. The molecule has 1 N–H and O–H groups in total. The van der Waals surface area contributed by atoms with Crippen LogP contribution in [-0.4, -0.2) is 29.2 Å². The lowest BCUT2D eigenvalue weighted by atomic mass is 10.1. The molecule has 2 aliphatic rings. The molecule has 1 aliphatic carbocycles. The van der Waals surface area contributed by atoms with Crippen molar-refractivity contribution < 1.29 is 14.6 Å². The summed E-state index contributed by atoms with van der Waals surface area (Å²) in [5, 5.41) is 9.56. The fourth-order valence-electron chi connectivity index (χ4n) is 1.78. The lowest BCUT2D eigenvalue weighted by Crippen LogP contribution is -2.21. The number of fused-ring (bicyclic) bond motifs is 1. The fourth-order valence-corrected chi connectivity index (χ4v) is 1.78. The van der Waals surface area contributed by atoms with E-state index in [1.807, 2.05) is 13.8 Å². The van der Waals surface area contributed by atoms with Crippen molar-refractivity contribution in [1.82, 2.24) is 0 Å². The first-order valence-corrected chi connectivity index (χ1v) is 5.60. The zero-order chi connectivity index (χ0) is 11.6. The maximum Gasteiger partial charge on any atom is 0.166 e. The van der Waals surface area contributed by atoms with Gasteiger partial charge in [-0.15, -0.1) is 5.92 Å². The quantitative estimate of drug-likeness (QED) is 0.620. The second-order valence-electron chi connectivity index (χ2n) is 4.49. The molecule has 0 aromatic carbocycles. The molecule has 3 heteroatoms. The van der Waals surface area contributed by atoms with Crippen molar-refractivity contribution >= 4 is 0 Å². The smallest absolute Gasteiger partial charge is 0.166 e. The minimum Gasteiger partial charge on any atom is -0.380 e. The third kappa shape index (κ3) is 2.77. The minimum absolute atomic E-state index is 0.298. The van der Waals surface area contributed by atoms with E-state index in [9.17, 15) is 5.11 Å².